The van der Waals surface area contributed by atoms with Crippen molar-refractivity contribution < 1.29 is 9.59 Å². The SMILES string of the molecule is CCn1c(SCC(=O)c2ccc(N3CCCC3=O)cc2)nnc1-c1ccccc1. The minimum Gasteiger partial charge on any atom is -0.312 e. The van der Waals surface area contributed by atoms with Crippen molar-refractivity contribution >= 4 is 29.1 Å². The molecule has 0 atom stereocenters. The van der Waals surface area contributed by atoms with Crippen LogP contribution in [0.4, 0.5) is 5.69 Å². The second-order valence-corrected chi connectivity index (χ2v) is 7.77. The number of hydrogen-bond acceptors (Lipinski definition) is 5. The molecule has 6 nitrogen and oxygen atoms in total. The normalized spacial score (nSPS) is 13.8. The second kappa shape index (κ2) is 8.61. The minimum absolute atomic E-state index is 0.0289. The molecule has 0 N–H and O–H groups in total. The van der Waals surface area contributed by atoms with E-state index < -0.39 is 0 Å². The zero-order chi connectivity index (χ0) is 20.2. The van der Waals surface area contributed by atoms with Crippen molar-refractivity contribution in [2.24, 2.45) is 0 Å². The van der Waals surface area contributed by atoms with Gasteiger partial charge in [0.15, 0.2) is 16.8 Å². The molecular formula is C22H22N4O2S. The summed E-state index contributed by atoms with van der Waals surface area (Å²) in [5.74, 6) is 1.27. The fourth-order valence-electron chi connectivity index (χ4n) is 3.44. The van der Waals surface area contributed by atoms with E-state index in [1.54, 1.807) is 17.0 Å². The smallest absolute Gasteiger partial charge is 0.227 e. The molecule has 0 bridgehead atoms. The Morgan fingerprint density at radius 3 is 2.48 bits per heavy atom. The van der Waals surface area contributed by atoms with E-state index in [1.165, 1.54) is 11.8 Å². The lowest BCUT2D eigenvalue weighted by Crippen LogP contribution is -2.23. The molecule has 4 rings (SSSR count). The molecule has 1 aliphatic rings. The first-order valence-electron chi connectivity index (χ1n) is 9.72. The average Bonchev–Trinajstić information content (AvgIpc) is 3.38. The van der Waals surface area contributed by atoms with Crippen LogP contribution in [0.25, 0.3) is 11.4 Å². The molecule has 7 heteroatoms. The highest BCUT2D eigenvalue weighted by atomic mass is 32.2. The molecule has 3 aromatic rings. The van der Waals surface area contributed by atoms with Crippen molar-refractivity contribution in [2.45, 2.75) is 31.5 Å². The van der Waals surface area contributed by atoms with Crippen molar-refractivity contribution in [3.8, 4) is 11.4 Å². The third kappa shape index (κ3) is 4.10. The number of hydrogen-bond donors (Lipinski definition) is 0. The van der Waals surface area contributed by atoms with Crippen LogP contribution >= 0.6 is 11.8 Å². The van der Waals surface area contributed by atoms with Gasteiger partial charge >= 0.3 is 0 Å². The molecule has 148 valence electrons. The second-order valence-electron chi connectivity index (χ2n) is 6.82. The lowest BCUT2D eigenvalue weighted by Gasteiger charge is -2.15. The third-order valence-corrected chi connectivity index (χ3v) is 5.94. The van der Waals surface area contributed by atoms with Gasteiger partial charge in [-0.05, 0) is 37.6 Å². The Bertz CT molecular complexity index is 1020. The predicted molar refractivity (Wildman–Crippen MR) is 114 cm³/mol. The van der Waals surface area contributed by atoms with E-state index in [0.29, 0.717) is 12.0 Å². The zero-order valence-electron chi connectivity index (χ0n) is 16.2. The first kappa shape index (κ1) is 19.4. The Hall–Kier alpha value is -2.93. The molecular weight excluding hydrogens is 384 g/mol. The monoisotopic (exact) mass is 406 g/mol. The van der Waals surface area contributed by atoms with Crippen LogP contribution in [0.2, 0.25) is 0 Å². The summed E-state index contributed by atoms with van der Waals surface area (Å²) in [6, 6.07) is 17.2. The van der Waals surface area contributed by atoms with E-state index in [4.69, 9.17) is 0 Å². The van der Waals surface area contributed by atoms with E-state index in [1.807, 2.05) is 54.0 Å². The summed E-state index contributed by atoms with van der Waals surface area (Å²) in [5.41, 5.74) is 2.50. The molecule has 1 aromatic heterocycles. The van der Waals surface area contributed by atoms with E-state index in [2.05, 4.69) is 10.2 Å². The number of ketones is 1. The van der Waals surface area contributed by atoms with Gasteiger partial charge in [0, 0.05) is 36.3 Å². The van der Waals surface area contributed by atoms with Gasteiger partial charge in [0.2, 0.25) is 5.91 Å². The number of benzene rings is 2. The number of nitrogens with zero attached hydrogens (tertiary/aromatic N) is 4. The van der Waals surface area contributed by atoms with Crippen LogP contribution in [-0.2, 0) is 11.3 Å². The molecule has 0 radical (unpaired) electrons. The molecule has 29 heavy (non-hydrogen) atoms. The summed E-state index contributed by atoms with van der Waals surface area (Å²) in [6.07, 6.45) is 1.49. The number of carbonyl (C=O) groups excluding carboxylic acids is 2. The molecule has 1 saturated heterocycles. The first-order valence-corrected chi connectivity index (χ1v) is 10.7. The molecule has 0 spiro atoms. The van der Waals surface area contributed by atoms with Crippen LogP contribution in [0.15, 0.2) is 59.8 Å². The van der Waals surface area contributed by atoms with Gasteiger partial charge in [-0.15, -0.1) is 10.2 Å². The lowest BCUT2D eigenvalue weighted by molar-refractivity contribution is -0.117. The van der Waals surface area contributed by atoms with Crippen molar-refractivity contribution in [1.29, 1.82) is 0 Å². The quantitative estimate of drug-likeness (QED) is 0.437. The molecule has 0 aliphatic carbocycles. The number of amides is 1. The van der Waals surface area contributed by atoms with E-state index in [-0.39, 0.29) is 17.4 Å². The molecule has 0 saturated carbocycles. The fraction of sp³-hybridized carbons (Fsp3) is 0.273. The van der Waals surface area contributed by atoms with E-state index >= 15 is 0 Å². The first-order chi connectivity index (χ1) is 14.2. The maximum absolute atomic E-state index is 12.6. The highest BCUT2D eigenvalue weighted by Crippen LogP contribution is 2.25. The Morgan fingerprint density at radius 1 is 1.07 bits per heavy atom. The Labute approximate surface area is 173 Å². The largest absolute Gasteiger partial charge is 0.312 e. The number of rotatable bonds is 7. The fourth-order valence-corrected chi connectivity index (χ4v) is 4.34. The van der Waals surface area contributed by atoms with Crippen molar-refractivity contribution in [3.05, 3.63) is 60.2 Å². The highest BCUT2D eigenvalue weighted by molar-refractivity contribution is 7.99. The molecule has 1 fully saturated rings. The van der Waals surface area contributed by atoms with E-state index in [9.17, 15) is 9.59 Å². The maximum Gasteiger partial charge on any atom is 0.227 e. The summed E-state index contributed by atoms with van der Waals surface area (Å²) in [7, 11) is 0. The standard InChI is InChI=1S/C22H22N4O2S/c1-2-25-21(17-7-4-3-5-8-17)23-24-22(25)29-15-19(27)16-10-12-18(13-11-16)26-14-6-9-20(26)28/h3-5,7-8,10-13H,2,6,9,14-15H2,1H3. The van der Waals surface area contributed by atoms with Gasteiger partial charge in [-0.3, -0.25) is 9.59 Å². The summed E-state index contributed by atoms with van der Waals surface area (Å²) in [4.78, 5) is 26.3. The molecule has 0 unspecified atom stereocenters. The van der Waals surface area contributed by atoms with Gasteiger partial charge in [0.25, 0.3) is 0 Å². The number of anilines is 1. The van der Waals surface area contributed by atoms with E-state index in [0.717, 1.165) is 41.7 Å². The van der Waals surface area contributed by atoms with Gasteiger partial charge < -0.3 is 9.47 Å². The summed E-state index contributed by atoms with van der Waals surface area (Å²) in [6.45, 7) is 3.52. The van der Waals surface area contributed by atoms with Crippen LogP contribution in [0.5, 0.6) is 0 Å². The van der Waals surface area contributed by atoms with Gasteiger partial charge in [-0.2, -0.15) is 0 Å². The number of thioether (sulfide) groups is 1. The lowest BCUT2D eigenvalue weighted by atomic mass is 10.1. The summed E-state index contributed by atoms with van der Waals surface area (Å²) in [5, 5.41) is 9.33. The van der Waals surface area contributed by atoms with Crippen LogP contribution < -0.4 is 4.90 Å². The van der Waals surface area contributed by atoms with Crippen LogP contribution in [-0.4, -0.2) is 38.8 Å². The zero-order valence-corrected chi connectivity index (χ0v) is 17.1. The van der Waals surface area contributed by atoms with Gasteiger partial charge in [-0.25, -0.2) is 0 Å². The Kier molecular flexibility index (Phi) is 5.76. The Morgan fingerprint density at radius 2 is 1.83 bits per heavy atom. The molecule has 1 aliphatic heterocycles. The molecule has 2 heterocycles. The van der Waals surface area contributed by atoms with Crippen molar-refractivity contribution in [1.82, 2.24) is 14.8 Å². The number of carbonyl (C=O) groups is 2. The minimum atomic E-state index is 0.0289. The van der Waals surface area contributed by atoms with Gasteiger partial charge in [-0.1, -0.05) is 42.1 Å². The van der Waals surface area contributed by atoms with Crippen LogP contribution in [0.3, 0.4) is 0 Å². The number of aromatic nitrogens is 3. The topological polar surface area (TPSA) is 68.1 Å². The van der Waals surface area contributed by atoms with Gasteiger partial charge in [0.1, 0.15) is 0 Å². The predicted octanol–water partition coefficient (Wildman–Crippen LogP) is 4.07. The average molecular weight is 407 g/mol. The highest BCUT2D eigenvalue weighted by Gasteiger charge is 2.22. The van der Waals surface area contributed by atoms with Crippen LogP contribution in [0, 0.1) is 0 Å². The van der Waals surface area contributed by atoms with Crippen molar-refractivity contribution in [2.75, 3.05) is 17.2 Å². The number of Topliss-reactive ketones (excluding diaryl/α,β-unsaturated/α-hetero) is 1. The molecule has 2 aromatic carbocycles. The van der Waals surface area contributed by atoms with Gasteiger partial charge in [0.05, 0.1) is 5.75 Å². The summed E-state index contributed by atoms with van der Waals surface area (Å²) >= 11 is 1.40. The maximum atomic E-state index is 12.6. The third-order valence-electron chi connectivity index (χ3n) is 4.97. The molecule has 1 amide bonds. The summed E-state index contributed by atoms with van der Waals surface area (Å²) < 4.78 is 2.02. The Balaban J connectivity index is 1.43. The van der Waals surface area contributed by atoms with Crippen molar-refractivity contribution in [3.63, 3.8) is 0 Å². The van der Waals surface area contributed by atoms with Crippen LogP contribution in [0.1, 0.15) is 30.1 Å².